The van der Waals surface area contributed by atoms with Gasteiger partial charge in [-0.15, -0.1) is 70.2 Å². The third-order valence-electron chi connectivity index (χ3n) is 23.0. The molecule has 6 unspecified atom stereocenters. The summed E-state index contributed by atoms with van der Waals surface area (Å²) < 4.78 is 32.8. The van der Waals surface area contributed by atoms with E-state index in [9.17, 15) is 57.5 Å². The van der Waals surface area contributed by atoms with Gasteiger partial charge in [-0.1, -0.05) is 258 Å². The number of rotatable bonds is 30. The number of ether oxygens (including phenoxy) is 6. The molecule has 16 atom stereocenters. The number of hydrogen-bond acceptors (Lipinski definition) is 28. The SMILES string of the molecule is C.C.C=C(Cl)OOC1(C)CSC2[C@H](N)C(=O)N2[C@H]1C(=O)OC(c1ccccc1)c1ccccc1.C=C(Cl)OOC1(C)CSC2[C@H](NC(C)=O)C(=O)N2[C@H]1C(=O)OC(c1ccccc1)c1ccccc1.CC(=O)N[C@@H]1C(=O)N2C1S[C@@](C)(COC(=O)CCl)[C@@H]2C(=O)OC(c1ccccc1)c1ccccc1.C[C@@]1(COC(=O)CCl)SC2[C@H](N)C(=O)N2[C@H]1C(=O)OC(c1ccccc1)c1ccccc1. The Balaban J connectivity index is 0.000000173. The summed E-state index contributed by atoms with van der Waals surface area (Å²) in [4.78, 5) is 179. The van der Waals surface area contributed by atoms with Gasteiger partial charge in [0.25, 0.3) is 0 Å². The van der Waals surface area contributed by atoms with Gasteiger partial charge in [0.1, 0.15) is 82.7 Å². The van der Waals surface area contributed by atoms with Crippen LogP contribution in [-0.4, -0.2) is 218 Å². The number of esters is 6. The number of nitrogens with one attached hydrogen (secondary N) is 2. The smallest absolute Gasteiger partial charge is 0.333 e. The fraction of sp³-hybridized carbons (Fsp3) is 0.347. The molecule has 0 aliphatic carbocycles. The number of nitrogens with two attached hydrogens (primary N) is 2. The molecule has 0 radical (unpaired) electrons. The minimum atomic E-state index is -1.30. The van der Waals surface area contributed by atoms with Gasteiger partial charge in [0.15, 0.2) is 47.7 Å². The number of benzene rings is 8. The summed E-state index contributed by atoms with van der Waals surface area (Å²) in [5.74, 6) is -5.92. The van der Waals surface area contributed by atoms with Crippen molar-refractivity contribution in [1.29, 1.82) is 0 Å². The van der Waals surface area contributed by atoms with E-state index in [0.29, 0.717) is 5.75 Å². The molecule has 6 N–H and O–H groups in total. The molecule has 8 aliphatic heterocycles. The molecule has 8 heterocycles. The van der Waals surface area contributed by atoms with E-state index in [1.165, 1.54) is 80.5 Å². The molecule has 720 valence electrons. The lowest BCUT2D eigenvalue weighted by Gasteiger charge is -2.56. The van der Waals surface area contributed by atoms with Crippen molar-refractivity contribution in [1.82, 2.24) is 30.2 Å². The summed E-state index contributed by atoms with van der Waals surface area (Å²) in [7, 11) is 0. The van der Waals surface area contributed by atoms with Crippen LogP contribution >= 0.6 is 93.5 Å². The molecule has 38 heteroatoms. The van der Waals surface area contributed by atoms with Crippen molar-refractivity contribution in [2.75, 3.05) is 36.5 Å². The Morgan fingerprint density at radius 3 is 0.890 bits per heavy atom. The van der Waals surface area contributed by atoms with Crippen LogP contribution in [0.15, 0.2) is 266 Å². The maximum Gasteiger partial charge on any atom is 0.333 e. The zero-order valence-electron chi connectivity index (χ0n) is 73.1. The third kappa shape index (κ3) is 23.5. The molecular weight excluding hydrogens is 1910 g/mol. The van der Waals surface area contributed by atoms with Gasteiger partial charge in [-0.25, -0.2) is 19.2 Å². The predicted molar refractivity (Wildman–Crippen MR) is 517 cm³/mol. The van der Waals surface area contributed by atoms with E-state index < -0.39 is 146 Å². The molecule has 136 heavy (non-hydrogen) atoms. The van der Waals surface area contributed by atoms with Crippen molar-refractivity contribution in [2.45, 2.75) is 171 Å². The Morgan fingerprint density at radius 2 is 0.618 bits per heavy atom. The normalized spacial score (nSPS) is 25.5. The van der Waals surface area contributed by atoms with Gasteiger partial charge in [-0.3, -0.25) is 38.4 Å². The van der Waals surface area contributed by atoms with Crippen LogP contribution in [0.5, 0.6) is 0 Å². The van der Waals surface area contributed by atoms with Crippen LogP contribution in [0.3, 0.4) is 0 Å². The monoisotopic (exact) mass is 2010 g/mol. The van der Waals surface area contributed by atoms with E-state index in [1.54, 1.807) is 27.7 Å². The summed E-state index contributed by atoms with van der Waals surface area (Å²) in [6, 6.07) is 67.7. The van der Waals surface area contributed by atoms with Crippen LogP contribution in [0, 0.1) is 0 Å². The van der Waals surface area contributed by atoms with E-state index in [4.69, 9.17) is 106 Å². The Kier molecular flexibility index (Phi) is 35.9. The summed E-state index contributed by atoms with van der Waals surface area (Å²) in [6.07, 6.45) is -2.75. The summed E-state index contributed by atoms with van der Waals surface area (Å²) in [5.41, 5.74) is 15.7. The van der Waals surface area contributed by atoms with Crippen LogP contribution in [0.1, 0.15) is 125 Å². The van der Waals surface area contributed by atoms with Gasteiger partial charge in [0.2, 0.25) is 45.9 Å². The Morgan fingerprint density at radius 1 is 0.382 bits per heavy atom. The van der Waals surface area contributed by atoms with Gasteiger partial charge in [0, 0.05) is 25.4 Å². The van der Waals surface area contributed by atoms with E-state index >= 15 is 0 Å². The topological polar surface area (TPSA) is 386 Å². The molecular formula is C98H104Cl4N8O22S4. The zero-order valence-corrected chi connectivity index (χ0v) is 79.3. The molecule has 8 aromatic rings. The minimum Gasteiger partial charge on any atom is -0.463 e. The zero-order chi connectivity index (χ0) is 96.1. The lowest BCUT2D eigenvalue weighted by atomic mass is 9.91. The number of carbonyl (C=O) groups excluding carboxylic acids is 12. The highest BCUT2D eigenvalue weighted by Crippen LogP contribution is 2.55. The van der Waals surface area contributed by atoms with Gasteiger partial charge >= 0.3 is 35.8 Å². The molecule has 8 aromatic carbocycles. The third-order valence-corrected chi connectivity index (χ3v) is 30.0. The maximum absolute atomic E-state index is 13.8. The van der Waals surface area contributed by atoms with E-state index in [-0.39, 0.29) is 96.3 Å². The maximum atomic E-state index is 13.8. The Hall–Kier alpha value is -11.1. The number of nitrogens with zero attached hydrogens (tertiary/aromatic N) is 4. The molecule has 30 nitrogen and oxygen atoms in total. The number of hydrogen-bond donors (Lipinski definition) is 4. The average Bonchev–Trinajstić information content (AvgIpc) is 1.35. The second-order valence-electron chi connectivity index (χ2n) is 32.9. The van der Waals surface area contributed by atoms with Crippen LogP contribution in [0.25, 0.3) is 0 Å². The second kappa shape index (κ2) is 46.4. The fourth-order valence-electron chi connectivity index (χ4n) is 16.6. The van der Waals surface area contributed by atoms with Gasteiger partial charge in [-0.2, -0.15) is 9.78 Å². The number of thioether (sulfide) groups is 4. The number of halogens is 4. The van der Waals surface area contributed by atoms with Crippen molar-refractivity contribution in [3.63, 3.8) is 0 Å². The van der Waals surface area contributed by atoms with Gasteiger partial charge < -0.3 is 79.9 Å². The van der Waals surface area contributed by atoms with Crippen molar-refractivity contribution in [3.05, 3.63) is 311 Å². The van der Waals surface area contributed by atoms with Gasteiger partial charge in [-0.05, 0) is 109 Å². The molecule has 16 rings (SSSR count). The van der Waals surface area contributed by atoms with Crippen molar-refractivity contribution >= 4 is 165 Å². The van der Waals surface area contributed by atoms with Crippen molar-refractivity contribution < 1.29 is 106 Å². The first kappa shape index (κ1) is 105. The average molecular weight is 2020 g/mol. The molecule has 8 fully saturated rings. The van der Waals surface area contributed by atoms with Crippen LogP contribution in [0.4, 0.5) is 0 Å². The van der Waals surface area contributed by atoms with Crippen molar-refractivity contribution in [2.24, 2.45) is 11.5 Å². The molecule has 0 bridgehead atoms. The first-order valence-electron chi connectivity index (χ1n) is 42.1. The molecule has 6 amide bonds. The largest absolute Gasteiger partial charge is 0.463 e. The van der Waals surface area contributed by atoms with Crippen LogP contribution in [-0.2, 0) is 106 Å². The summed E-state index contributed by atoms with van der Waals surface area (Å²) in [5, 5.41) is 3.20. The number of carbonyl (C=O) groups is 12. The number of fused-ring (bicyclic) bond motifs is 4. The molecule has 0 aromatic heterocycles. The Bertz CT molecular complexity index is 5450. The highest BCUT2D eigenvalue weighted by molar-refractivity contribution is 8.02. The number of alkyl halides is 2. The van der Waals surface area contributed by atoms with E-state index in [0.717, 1.165) is 44.5 Å². The van der Waals surface area contributed by atoms with Crippen molar-refractivity contribution in [3.8, 4) is 0 Å². The van der Waals surface area contributed by atoms with Crippen LogP contribution < -0.4 is 22.1 Å². The summed E-state index contributed by atoms with van der Waals surface area (Å²) >= 11 is 28.0. The fourth-order valence-corrected chi connectivity index (χ4v) is 23.0. The highest BCUT2D eigenvalue weighted by Gasteiger charge is 2.69. The lowest BCUT2D eigenvalue weighted by Crippen LogP contribution is -2.79. The standard InChI is InChI=1S/2C25H25ClN2O6S.2C23H23ClN2O5S.2CH4/c1-15(26)33-34-25(3)14-35-23-19(27-16(2)29)22(30)28(23)21(25)24(31)32-20(17-10-6-4-7-11-17)18-12-8-5-9-13-18;1-15(29)27-19-22(31)28-21(25(2,35-23(19)28)14-33-18(30)13-26)24(32)34-20(16-9-5-3-6-10-16)17-11-7-4-8-12-17;1-14(24)30-31-23(2)13-32-21-17(25)20(27)26(21)19(23)22(28)29-18(15-9-5-3-6-10-15)16-11-7-4-8-12-16;1-23(13-30-16(27)12-24)19(26-20(28)17(25)21(26)32-23)22(29)31-18(14-8-4-2-5-9-14)15-10-6-3-7-11-15;;/h4-13,19-21,23H,1,14H2,2-3H3,(H,27,29);3-12,19-21,23H,13-14H2,1-2H3,(H,27,29);3-12,17-19,21H,1,13,25H2,2H3;2-11,17-19,21H,12-13,25H2,1H3;2*1H4/t19-,21+,23?,25?;19-,21+,23?,25+;17-,19+,21?,23?;17-,19+,21?,23+;;/m1111../s1. The van der Waals surface area contributed by atoms with Crippen LogP contribution in [0.2, 0.25) is 0 Å². The number of β-lactam (4-membered cyclic amide) rings is 4. The summed E-state index contributed by atoms with van der Waals surface area (Å²) in [6.45, 7) is 16.1. The second-order valence-corrected chi connectivity index (χ2v) is 39.7. The molecule has 8 saturated heterocycles. The number of amides is 6. The first-order valence-corrected chi connectivity index (χ1v) is 47.8. The quantitative estimate of drug-likeness (QED) is 0.00618. The minimum absolute atomic E-state index is 0. The van der Waals surface area contributed by atoms with E-state index in [2.05, 4.69) is 23.8 Å². The molecule has 0 saturated carbocycles. The highest BCUT2D eigenvalue weighted by atomic mass is 35.5. The molecule has 0 spiro atoms. The Labute approximate surface area is 824 Å². The first-order chi connectivity index (χ1) is 64.1. The predicted octanol–water partition coefficient (Wildman–Crippen LogP) is 13.3. The van der Waals surface area contributed by atoms with Gasteiger partial charge in [0.05, 0.1) is 9.49 Å². The lowest BCUT2D eigenvalue weighted by molar-refractivity contribution is -0.332. The van der Waals surface area contributed by atoms with E-state index in [1.807, 2.05) is 243 Å². The molecule has 8 aliphatic rings.